The fourth-order valence-electron chi connectivity index (χ4n) is 1.47. The number of rotatable bonds is 4. The Bertz CT molecular complexity index is 491. The molecule has 2 aromatic rings. The van der Waals surface area contributed by atoms with Crippen LogP contribution in [0.2, 0.25) is 0 Å². The minimum Gasteiger partial charge on any atom is -0.481 e. The second kappa shape index (κ2) is 5.55. The Morgan fingerprint density at radius 1 is 1.06 bits per heavy atom. The molecule has 2 aromatic carbocycles. The van der Waals surface area contributed by atoms with E-state index >= 15 is 0 Å². The van der Waals surface area contributed by atoms with Crippen molar-refractivity contribution in [3.05, 3.63) is 54.6 Å². The zero-order valence-electron chi connectivity index (χ0n) is 9.09. The Morgan fingerprint density at radius 3 is 2.24 bits per heavy atom. The van der Waals surface area contributed by atoms with E-state index in [1.807, 2.05) is 48.5 Å². The number of thioether (sulfide) groups is 1. The number of hydrogen-bond acceptors (Lipinski definition) is 2. The lowest BCUT2D eigenvalue weighted by molar-refractivity contribution is -0.133. The van der Waals surface area contributed by atoms with Crippen molar-refractivity contribution in [2.75, 3.05) is 5.75 Å². The smallest absolute Gasteiger partial charge is 0.313 e. The maximum Gasteiger partial charge on any atom is 0.313 e. The molecule has 0 amide bonds. The second-order valence-corrected chi connectivity index (χ2v) is 4.54. The fourth-order valence-corrected chi connectivity index (χ4v) is 2.09. The Labute approximate surface area is 104 Å². The lowest BCUT2D eigenvalue weighted by atomic mass is 10.1. The van der Waals surface area contributed by atoms with Gasteiger partial charge in [-0.2, -0.15) is 0 Å². The van der Waals surface area contributed by atoms with Gasteiger partial charge in [-0.15, -0.1) is 11.8 Å². The zero-order chi connectivity index (χ0) is 12.1. The van der Waals surface area contributed by atoms with Gasteiger partial charge in [0, 0.05) is 4.90 Å². The first-order chi connectivity index (χ1) is 8.25. The molecule has 17 heavy (non-hydrogen) atoms. The molecule has 1 N–H and O–H groups in total. The van der Waals surface area contributed by atoms with Gasteiger partial charge in [0.25, 0.3) is 0 Å². The van der Waals surface area contributed by atoms with Gasteiger partial charge in [-0.05, 0) is 29.3 Å². The normalized spacial score (nSPS) is 10.1. The third kappa shape index (κ3) is 3.36. The summed E-state index contributed by atoms with van der Waals surface area (Å²) in [5, 5.41) is 8.58. The van der Waals surface area contributed by atoms with Crippen LogP contribution in [0, 0.1) is 6.07 Å². The van der Waals surface area contributed by atoms with E-state index in [0.29, 0.717) is 0 Å². The van der Waals surface area contributed by atoms with Crippen LogP contribution in [0.4, 0.5) is 0 Å². The third-order valence-corrected chi connectivity index (χ3v) is 3.26. The lowest BCUT2D eigenvalue weighted by Crippen LogP contribution is -1.97. The highest BCUT2D eigenvalue weighted by Gasteiger charge is 2.00. The summed E-state index contributed by atoms with van der Waals surface area (Å²) in [6, 6.07) is 18.6. The molecule has 0 heterocycles. The lowest BCUT2D eigenvalue weighted by Gasteiger charge is -2.03. The van der Waals surface area contributed by atoms with E-state index in [0.717, 1.165) is 16.0 Å². The predicted molar refractivity (Wildman–Crippen MR) is 69.1 cm³/mol. The van der Waals surface area contributed by atoms with E-state index in [-0.39, 0.29) is 5.75 Å². The summed E-state index contributed by atoms with van der Waals surface area (Å²) in [6.45, 7) is 0. The van der Waals surface area contributed by atoms with Gasteiger partial charge in [-0.1, -0.05) is 36.4 Å². The van der Waals surface area contributed by atoms with E-state index in [1.54, 1.807) is 0 Å². The predicted octanol–water partition coefficient (Wildman–Crippen LogP) is 3.33. The van der Waals surface area contributed by atoms with Gasteiger partial charge in [0.05, 0.1) is 5.75 Å². The van der Waals surface area contributed by atoms with Gasteiger partial charge in [0.2, 0.25) is 0 Å². The first-order valence-electron chi connectivity index (χ1n) is 5.17. The third-order valence-electron chi connectivity index (χ3n) is 2.27. The number of aliphatic carboxylic acids is 1. The highest BCUT2D eigenvalue weighted by atomic mass is 32.2. The number of carboxylic acid groups (broad SMARTS) is 1. The first kappa shape index (κ1) is 11.7. The Kier molecular flexibility index (Phi) is 3.83. The second-order valence-electron chi connectivity index (χ2n) is 3.50. The van der Waals surface area contributed by atoms with Gasteiger partial charge in [-0.25, -0.2) is 0 Å². The van der Waals surface area contributed by atoms with E-state index in [4.69, 9.17) is 5.11 Å². The van der Waals surface area contributed by atoms with Crippen molar-refractivity contribution in [3.8, 4) is 11.1 Å². The first-order valence-corrected chi connectivity index (χ1v) is 6.15. The largest absolute Gasteiger partial charge is 0.481 e. The molecule has 0 saturated heterocycles. The topological polar surface area (TPSA) is 37.3 Å². The molecule has 0 spiro atoms. The Balaban J connectivity index is 2.11. The summed E-state index contributed by atoms with van der Waals surface area (Å²) >= 11 is 1.33. The molecule has 0 bridgehead atoms. The van der Waals surface area contributed by atoms with Crippen molar-refractivity contribution < 1.29 is 9.90 Å². The maximum atomic E-state index is 10.4. The van der Waals surface area contributed by atoms with Crippen LogP contribution in [0.15, 0.2) is 53.4 Å². The van der Waals surface area contributed by atoms with Crippen molar-refractivity contribution >= 4 is 17.7 Å². The molecule has 85 valence electrons. The Hall–Kier alpha value is -1.74. The molecule has 0 saturated carbocycles. The average Bonchev–Trinajstić information content (AvgIpc) is 2.38. The minimum atomic E-state index is -0.794. The molecular formula is C14H11O2S. The van der Waals surface area contributed by atoms with Crippen molar-refractivity contribution in [3.63, 3.8) is 0 Å². The van der Waals surface area contributed by atoms with Crippen molar-refractivity contribution in [1.82, 2.24) is 0 Å². The summed E-state index contributed by atoms with van der Waals surface area (Å²) in [5.41, 5.74) is 2.26. The van der Waals surface area contributed by atoms with Crippen LogP contribution in [0.1, 0.15) is 0 Å². The van der Waals surface area contributed by atoms with Gasteiger partial charge in [0.1, 0.15) is 0 Å². The Morgan fingerprint density at radius 2 is 1.65 bits per heavy atom. The van der Waals surface area contributed by atoms with Crippen LogP contribution < -0.4 is 0 Å². The number of carbonyl (C=O) groups is 1. The maximum absolute atomic E-state index is 10.4. The molecule has 1 radical (unpaired) electrons. The summed E-state index contributed by atoms with van der Waals surface area (Å²) in [5.74, 6) is -0.697. The fraction of sp³-hybridized carbons (Fsp3) is 0.0714. The van der Waals surface area contributed by atoms with Crippen molar-refractivity contribution in [2.45, 2.75) is 4.90 Å². The molecule has 0 aliphatic rings. The van der Waals surface area contributed by atoms with Gasteiger partial charge >= 0.3 is 5.97 Å². The quantitative estimate of drug-likeness (QED) is 0.837. The van der Waals surface area contributed by atoms with Crippen LogP contribution in [0.3, 0.4) is 0 Å². The van der Waals surface area contributed by atoms with Crippen LogP contribution >= 0.6 is 11.8 Å². The van der Waals surface area contributed by atoms with E-state index in [1.165, 1.54) is 11.8 Å². The van der Waals surface area contributed by atoms with Crippen LogP contribution in [-0.2, 0) is 4.79 Å². The van der Waals surface area contributed by atoms with Gasteiger partial charge < -0.3 is 5.11 Å². The highest BCUT2D eigenvalue weighted by molar-refractivity contribution is 8.00. The molecule has 0 fully saturated rings. The molecule has 0 aromatic heterocycles. The van der Waals surface area contributed by atoms with E-state index in [2.05, 4.69) is 6.07 Å². The molecule has 3 heteroatoms. The SMILES string of the molecule is O=C(O)CSc1ccc(-c2cc[c]cc2)cc1. The molecule has 0 aliphatic carbocycles. The number of hydrogen-bond donors (Lipinski definition) is 1. The average molecular weight is 243 g/mol. The summed E-state index contributed by atoms with van der Waals surface area (Å²) < 4.78 is 0. The standard InChI is InChI=1S/C14H11O2S/c15-14(16)10-17-13-8-6-12(7-9-13)11-4-2-1-3-5-11/h2-9H,10H2,(H,15,16). The number of benzene rings is 2. The van der Waals surface area contributed by atoms with Crippen molar-refractivity contribution in [1.29, 1.82) is 0 Å². The monoisotopic (exact) mass is 243 g/mol. The van der Waals surface area contributed by atoms with Crippen LogP contribution in [-0.4, -0.2) is 16.8 Å². The molecular weight excluding hydrogens is 232 g/mol. The highest BCUT2D eigenvalue weighted by Crippen LogP contribution is 2.23. The van der Waals surface area contributed by atoms with E-state index in [9.17, 15) is 4.79 Å². The summed E-state index contributed by atoms with van der Waals surface area (Å²) in [4.78, 5) is 11.4. The van der Waals surface area contributed by atoms with Crippen LogP contribution in [0.25, 0.3) is 11.1 Å². The van der Waals surface area contributed by atoms with E-state index < -0.39 is 5.97 Å². The zero-order valence-corrected chi connectivity index (χ0v) is 9.91. The minimum absolute atomic E-state index is 0.0969. The summed E-state index contributed by atoms with van der Waals surface area (Å²) in [7, 11) is 0. The molecule has 2 nitrogen and oxygen atoms in total. The van der Waals surface area contributed by atoms with Gasteiger partial charge in [0.15, 0.2) is 0 Å². The molecule has 0 unspecified atom stereocenters. The van der Waals surface area contributed by atoms with Gasteiger partial charge in [-0.3, -0.25) is 4.79 Å². The molecule has 0 atom stereocenters. The molecule has 0 aliphatic heterocycles. The molecule has 2 rings (SSSR count). The van der Waals surface area contributed by atoms with Crippen LogP contribution in [0.5, 0.6) is 0 Å². The number of carboxylic acids is 1. The summed E-state index contributed by atoms with van der Waals surface area (Å²) in [6.07, 6.45) is 0. The van der Waals surface area contributed by atoms with Crippen molar-refractivity contribution in [2.24, 2.45) is 0 Å².